The van der Waals surface area contributed by atoms with E-state index in [-0.39, 0.29) is 0 Å². The molecule has 1 saturated carbocycles. The minimum atomic E-state index is -3.28. The minimum Gasteiger partial charge on any atom is -0.456 e. The largest absolute Gasteiger partial charge is 0.456 e. The van der Waals surface area contributed by atoms with Crippen LogP contribution >= 0.6 is 0 Å². The van der Waals surface area contributed by atoms with E-state index in [1.54, 1.807) is 0 Å². The van der Waals surface area contributed by atoms with Crippen LogP contribution in [0.5, 0.6) is 0 Å². The average Bonchev–Trinajstić information content (AvgIpc) is 2.96. The van der Waals surface area contributed by atoms with Crippen molar-refractivity contribution in [3.63, 3.8) is 0 Å². The summed E-state index contributed by atoms with van der Waals surface area (Å²) in [6.07, 6.45) is 1.39. The Balaban J connectivity index is 1.65. The molecule has 2 unspecified atom stereocenters. The monoisotopic (exact) mass is 233 g/mol. The van der Waals surface area contributed by atoms with E-state index in [4.69, 9.17) is 0 Å². The SMILES string of the molecule is CC(CNCC1CC(F)(F)C(=O)O1)C1CC1. The maximum absolute atomic E-state index is 12.8. The molecule has 2 atom stereocenters. The summed E-state index contributed by atoms with van der Waals surface area (Å²) in [5.74, 6) is -3.29. The van der Waals surface area contributed by atoms with Crippen molar-refractivity contribution < 1.29 is 18.3 Å². The third-order valence-corrected chi connectivity index (χ3v) is 3.32. The summed E-state index contributed by atoms with van der Waals surface area (Å²) in [6, 6.07) is 0. The Kier molecular flexibility index (Phi) is 3.15. The van der Waals surface area contributed by atoms with Crippen LogP contribution in [0.1, 0.15) is 26.2 Å². The number of nitrogens with one attached hydrogen (secondary N) is 1. The van der Waals surface area contributed by atoms with Crippen LogP contribution in [-0.2, 0) is 9.53 Å². The smallest absolute Gasteiger partial charge is 0.377 e. The summed E-state index contributed by atoms with van der Waals surface area (Å²) in [6.45, 7) is 3.29. The van der Waals surface area contributed by atoms with Crippen LogP contribution in [0, 0.1) is 11.8 Å². The summed E-state index contributed by atoms with van der Waals surface area (Å²) in [7, 11) is 0. The quantitative estimate of drug-likeness (QED) is 0.732. The number of halogens is 2. The van der Waals surface area contributed by atoms with Crippen LogP contribution in [0.3, 0.4) is 0 Å². The van der Waals surface area contributed by atoms with Gasteiger partial charge < -0.3 is 10.1 Å². The Bertz CT molecular complexity index is 279. The van der Waals surface area contributed by atoms with E-state index in [0.717, 1.165) is 12.5 Å². The maximum atomic E-state index is 12.8. The van der Waals surface area contributed by atoms with E-state index < -0.39 is 24.4 Å². The average molecular weight is 233 g/mol. The van der Waals surface area contributed by atoms with Crippen LogP contribution in [0.4, 0.5) is 8.78 Å². The molecule has 16 heavy (non-hydrogen) atoms. The third-order valence-electron chi connectivity index (χ3n) is 3.32. The van der Waals surface area contributed by atoms with Gasteiger partial charge in [-0.15, -0.1) is 0 Å². The van der Waals surface area contributed by atoms with Gasteiger partial charge in [0.2, 0.25) is 0 Å². The number of carbonyl (C=O) groups excluding carboxylic acids is 1. The Morgan fingerprint density at radius 3 is 2.75 bits per heavy atom. The molecule has 1 N–H and O–H groups in total. The molecular formula is C11H17F2NO2. The first kappa shape index (κ1) is 11.8. The van der Waals surface area contributed by atoms with E-state index in [2.05, 4.69) is 17.0 Å². The Morgan fingerprint density at radius 1 is 1.56 bits per heavy atom. The van der Waals surface area contributed by atoms with Gasteiger partial charge in [-0.25, -0.2) is 4.79 Å². The lowest BCUT2D eigenvalue weighted by molar-refractivity contribution is -0.159. The summed E-state index contributed by atoms with van der Waals surface area (Å²) in [5.41, 5.74) is 0. The molecule has 0 aromatic heterocycles. The number of cyclic esters (lactones) is 1. The van der Waals surface area contributed by atoms with Gasteiger partial charge in [0, 0.05) is 6.54 Å². The van der Waals surface area contributed by atoms with Crippen LogP contribution in [0.25, 0.3) is 0 Å². The molecule has 0 aromatic rings. The second kappa shape index (κ2) is 4.28. The molecule has 92 valence electrons. The van der Waals surface area contributed by atoms with Crippen molar-refractivity contribution in [3.8, 4) is 0 Å². The first-order chi connectivity index (χ1) is 7.49. The van der Waals surface area contributed by atoms with Gasteiger partial charge in [0.1, 0.15) is 6.10 Å². The fourth-order valence-corrected chi connectivity index (χ4v) is 2.07. The molecule has 0 amide bonds. The first-order valence-electron chi connectivity index (χ1n) is 5.78. The fraction of sp³-hybridized carbons (Fsp3) is 0.909. The molecule has 2 aliphatic rings. The predicted molar refractivity (Wildman–Crippen MR) is 54.2 cm³/mol. The van der Waals surface area contributed by atoms with Crippen LogP contribution in [0.2, 0.25) is 0 Å². The van der Waals surface area contributed by atoms with Gasteiger partial charge in [0.15, 0.2) is 0 Å². The van der Waals surface area contributed by atoms with E-state index in [9.17, 15) is 13.6 Å². The highest BCUT2D eigenvalue weighted by Crippen LogP contribution is 2.36. The maximum Gasteiger partial charge on any atom is 0.377 e. The number of hydrogen-bond donors (Lipinski definition) is 1. The molecule has 1 aliphatic heterocycles. The van der Waals surface area contributed by atoms with Crippen molar-refractivity contribution in [1.29, 1.82) is 0 Å². The zero-order valence-corrected chi connectivity index (χ0v) is 9.34. The van der Waals surface area contributed by atoms with Gasteiger partial charge in [-0.3, -0.25) is 0 Å². The zero-order valence-electron chi connectivity index (χ0n) is 9.34. The van der Waals surface area contributed by atoms with Gasteiger partial charge in [-0.1, -0.05) is 6.92 Å². The second-order valence-electron chi connectivity index (χ2n) is 4.91. The number of ether oxygens (including phenoxy) is 1. The van der Waals surface area contributed by atoms with E-state index in [1.807, 2.05) is 0 Å². The van der Waals surface area contributed by atoms with Gasteiger partial charge in [-0.2, -0.15) is 8.78 Å². The number of alkyl halides is 2. The highest BCUT2D eigenvalue weighted by atomic mass is 19.3. The normalized spacial score (nSPS) is 30.2. The molecule has 2 rings (SSSR count). The molecule has 5 heteroatoms. The minimum absolute atomic E-state index is 0.332. The van der Waals surface area contributed by atoms with E-state index in [1.165, 1.54) is 12.8 Å². The molecule has 0 aromatic carbocycles. The van der Waals surface area contributed by atoms with E-state index >= 15 is 0 Å². The van der Waals surface area contributed by atoms with Crippen molar-refractivity contribution in [3.05, 3.63) is 0 Å². The topological polar surface area (TPSA) is 38.3 Å². The molecule has 1 aliphatic carbocycles. The summed E-state index contributed by atoms with van der Waals surface area (Å²) >= 11 is 0. The summed E-state index contributed by atoms with van der Waals surface area (Å²) in [4.78, 5) is 10.7. The fourth-order valence-electron chi connectivity index (χ4n) is 2.07. The number of carbonyl (C=O) groups is 1. The molecule has 1 saturated heterocycles. The lowest BCUT2D eigenvalue weighted by Crippen LogP contribution is -2.31. The Morgan fingerprint density at radius 2 is 2.25 bits per heavy atom. The Hall–Kier alpha value is -0.710. The highest BCUT2D eigenvalue weighted by molar-refractivity contribution is 5.79. The molecule has 0 spiro atoms. The molecular weight excluding hydrogens is 216 g/mol. The first-order valence-corrected chi connectivity index (χ1v) is 5.78. The molecule has 2 fully saturated rings. The second-order valence-corrected chi connectivity index (χ2v) is 4.91. The van der Waals surface area contributed by atoms with Crippen molar-refractivity contribution in [2.24, 2.45) is 11.8 Å². The zero-order chi connectivity index (χ0) is 11.8. The third kappa shape index (κ3) is 2.70. The number of esters is 1. The van der Waals surface area contributed by atoms with Crippen LogP contribution < -0.4 is 5.32 Å². The van der Waals surface area contributed by atoms with Crippen LogP contribution in [0.15, 0.2) is 0 Å². The Labute approximate surface area is 93.5 Å². The van der Waals surface area contributed by atoms with Crippen molar-refractivity contribution in [2.45, 2.75) is 38.2 Å². The predicted octanol–water partition coefficient (Wildman–Crippen LogP) is 1.57. The van der Waals surface area contributed by atoms with Crippen molar-refractivity contribution in [2.75, 3.05) is 13.1 Å². The van der Waals surface area contributed by atoms with Gasteiger partial charge >= 0.3 is 11.9 Å². The lowest BCUT2D eigenvalue weighted by Gasteiger charge is -2.13. The number of hydrogen-bond acceptors (Lipinski definition) is 3. The van der Waals surface area contributed by atoms with Gasteiger partial charge in [0.05, 0.1) is 6.42 Å². The van der Waals surface area contributed by atoms with Gasteiger partial charge in [0.25, 0.3) is 0 Å². The summed E-state index contributed by atoms with van der Waals surface area (Å²) < 4.78 is 30.2. The molecule has 3 nitrogen and oxygen atoms in total. The molecule has 1 heterocycles. The highest BCUT2D eigenvalue weighted by Gasteiger charge is 2.50. The molecule has 0 radical (unpaired) electrons. The lowest BCUT2D eigenvalue weighted by atomic mass is 10.1. The molecule has 0 bridgehead atoms. The van der Waals surface area contributed by atoms with Gasteiger partial charge in [-0.05, 0) is 31.2 Å². The standard InChI is InChI=1S/C11H17F2NO2/c1-7(8-2-3-8)5-14-6-9-4-11(12,13)10(15)16-9/h7-9,14H,2-6H2,1H3. The number of rotatable bonds is 5. The van der Waals surface area contributed by atoms with Crippen molar-refractivity contribution in [1.82, 2.24) is 5.32 Å². The van der Waals surface area contributed by atoms with Crippen molar-refractivity contribution >= 4 is 5.97 Å². The summed E-state index contributed by atoms with van der Waals surface area (Å²) in [5, 5.41) is 3.10. The van der Waals surface area contributed by atoms with Crippen LogP contribution in [-0.4, -0.2) is 31.1 Å². The van der Waals surface area contributed by atoms with E-state index in [0.29, 0.717) is 12.5 Å².